The Morgan fingerprint density at radius 3 is 2.46 bits per heavy atom. The molecule has 35 heavy (non-hydrogen) atoms. The Hall–Kier alpha value is -3.15. The zero-order chi connectivity index (χ0) is 24.2. The zero-order valence-corrected chi connectivity index (χ0v) is 20.8. The van der Waals surface area contributed by atoms with Crippen LogP contribution in [0.15, 0.2) is 48.8 Å². The molecule has 0 bridgehead atoms. The fourth-order valence-corrected chi connectivity index (χ4v) is 5.18. The second kappa shape index (κ2) is 10.6. The number of carbonyl (C=O) groups excluding carboxylic acids is 2. The van der Waals surface area contributed by atoms with E-state index in [1.165, 1.54) is 12.8 Å². The summed E-state index contributed by atoms with van der Waals surface area (Å²) in [5.74, 6) is 0.455. The lowest BCUT2D eigenvalue weighted by Gasteiger charge is -2.28. The van der Waals surface area contributed by atoms with Gasteiger partial charge in [0.2, 0.25) is 5.91 Å². The highest BCUT2D eigenvalue weighted by Gasteiger charge is 2.34. The summed E-state index contributed by atoms with van der Waals surface area (Å²) in [5.41, 5.74) is 4.59. The molecule has 1 saturated carbocycles. The molecule has 0 spiro atoms. The van der Waals surface area contributed by atoms with Crippen LogP contribution in [0.5, 0.6) is 0 Å². The highest BCUT2D eigenvalue weighted by Crippen LogP contribution is 2.34. The van der Waals surface area contributed by atoms with Gasteiger partial charge in [-0.25, -0.2) is 4.98 Å². The summed E-state index contributed by atoms with van der Waals surface area (Å²) in [6.07, 6.45) is 10.5. The van der Waals surface area contributed by atoms with Crippen LogP contribution >= 0.6 is 0 Å². The fraction of sp³-hybridized carbons (Fsp3) is 0.483. The predicted molar refractivity (Wildman–Crippen MR) is 139 cm³/mol. The van der Waals surface area contributed by atoms with Gasteiger partial charge in [-0.1, -0.05) is 43.9 Å². The molecule has 2 heterocycles. The third-order valence-corrected chi connectivity index (χ3v) is 7.39. The number of carbonyl (C=O) groups is 2. The van der Waals surface area contributed by atoms with Crippen LogP contribution in [0.1, 0.15) is 74.2 Å². The number of rotatable bonds is 3. The minimum Gasteiger partial charge on any atom is -0.334 e. The monoisotopic (exact) mass is 472 g/mol. The average molecular weight is 473 g/mol. The van der Waals surface area contributed by atoms with Crippen LogP contribution < -0.4 is 4.90 Å². The molecule has 3 aromatic rings. The van der Waals surface area contributed by atoms with Crippen molar-refractivity contribution in [3.05, 3.63) is 59.9 Å². The number of nitrogens with zero attached hydrogens (tertiary/aromatic N) is 4. The van der Waals surface area contributed by atoms with Gasteiger partial charge in [0, 0.05) is 43.3 Å². The highest BCUT2D eigenvalue weighted by atomic mass is 16.2. The normalized spacial score (nSPS) is 17.9. The van der Waals surface area contributed by atoms with Crippen molar-refractivity contribution < 1.29 is 9.59 Å². The zero-order valence-electron chi connectivity index (χ0n) is 20.8. The van der Waals surface area contributed by atoms with E-state index in [4.69, 9.17) is 0 Å². The molecular weight excluding hydrogens is 436 g/mol. The number of benzene rings is 2. The van der Waals surface area contributed by atoms with E-state index in [0.717, 1.165) is 73.9 Å². The van der Waals surface area contributed by atoms with Gasteiger partial charge < -0.3 is 14.4 Å². The molecule has 0 saturated heterocycles. The first kappa shape index (κ1) is 23.6. The van der Waals surface area contributed by atoms with E-state index >= 15 is 0 Å². The summed E-state index contributed by atoms with van der Waals surface area (Å²) in [5, 5.41) is 0. The van der Waals surface area contributed by atoms with Crippen molar-refractivity contribution in [3.8, 4) is 0 Å². The van der Waals surface area contributed by atoms with Crippen molar-refractivity contribution in [1.29, 1.82) is 0 Å². The number of aromatic nitrogens is 2. The molecule has 6 nitrogen and oxygen atoms in total. The van der Waals surface area contributed by atoms with Gasteiger partial charge in [-0.15, -0.1) is 0 Å². The topological polar surface area (TPSA) is 58.4 Å². The van der Waals surface area contributed by atoms with Crippen LogP contribution in [0.2, 0.25) is 0 Å². The van der Waals surface area contributed by atoms with E-state index in [1.807, 2.05) is 46.5 Å². The van der Waals surface area contributed by atoms with Crippen molar-refractivity contribution in [1.82, 2.24) is 14.5 Å². The minimum absolute atomic E-state index is 0.0303. The molecule has 2 aliphatic rings. The van der Waals surface area contributed by atoms with E-state index < -0.39 is 0 Å². The number of hydrogen-bond donors (Lipinski definition) is 0. The molecule has 184 valence electrons. The van der Waals surface area contributed by atoms with Crippen molar-refractivity contribution in [2.24, 2.45) is 5.92 Å². The predicted octanol–water partition coefficient (Wildman–Crippen LogP) is 5.80. The van der Waals surface area contributed by atoms with Crippen molar-refractivity contribution in [3.63, 3.8) is 0 Å². The van der Waals surface area contributed by atoms with Crippen LogP contribution in [0, 0.1) is 5.92 Å². The van der Waals surface area contributed by atoms with E-state index in [2.05, 4.69) is 28.6 Å². The van der Waals surface area contributed by atoms with Gasteiger partial charge in [-0.2, -0.15) is 0 Å². The third-order valence-electron chi connectivity index (χ3n) is 7.39. The maximum absolute atomic E-state index is 13.8. The molecule has 1 aliphatic carbocycles. The van der Waals surface area contributed by atoms with Crippen LogP contribution in [0.25, 0.3) is 11.0 Å². The van der Waals surface area contributed by atoms with Gasteiger partial charge in [-0.3, -0.25) is 9.59 Å². The average Bonchev–Trinajstić information content (AvgIpc) is 3.65. The lowest BCUT2D eigenvalue weighted by molar-refractivity contribution is -0.119. The van der Waals surface area contributed by atoms with Crippen LogP contribution in [-0.4, -0.2) is 39.4 Å². The quantitative estimate of drug-likeness (QED) is 0.484. The lowest BCUT2D eigenvalue weighted by atomic mass is 10.1. The van der Waals surface area contributed by atoms with Crippen LogP contribution in [0.3, 0.4) is 0 Å². The van der Waals surface area contributed by atoms with Crippen molar-refractivity contribution in [2.75, 3.05) is 18.0 Å². The molecule has 2 aromatic carbocycles. The van der Waals surface area contributed by atoms with Crippen molar-refractivity contribution in [2.45, 2.75) is 71.4 Å². The molecule has 1 aromatic heterocycles. The van der Waals surface area contributed by atoms with E-state index in [-0.39, 0.29) is 17.7 Å². The van der Waals surface area contributed by atoms with Gasteiger partial charge in [-0.05, 0) is 62.4 Å². The second-order valence-corrected chi connectivity index (χ2v) is 9.97. The summed E-state index contributed by atoms with van der Waals surface area (Å²) < 4.78 is 2.09. The smallest absolute Gasteiger partial charge is 0.254 e. The van der Waals surface area contributed by atoms with Gasteiger partial charge in [0.15, 0.2) is 0 Å². The number of anilines is 1. The number of para-hydroxylation sites is 1. The van der Waals surface area contributed by atoms with E-state index in [0.29, 0.717) is 18.7 Å². The van der Waals surface area contributed by atoms with Gasteiger partial charge in [0.1, 0.15) is 0 Å². The maximum Gasteiger partial charge on any atom is 0.254 e. The number of imidazole rings is 1. The number of aryl methyl sites for hydroxylation is 1. The minimum atomic E-state index is 0.0303. The Balaban J connectivity index is 1.46. The van der Waals surface area contributed by atoms with Gasteiger partial charge in [0.25, 0.3) is 5.91 Å². The van der Waals surface area contributed by atoms with Gasteiger partial charge in [0.05, 0.1) is 17.4 Å². The summed E-state index contributed by atoms with van der Waals surface area (Å²) in [7, 11) is 0. The first-order chi connectivity index (χ1) is 17.2. The SMILES string of the molecule is CCn1cnc2cc(C(=O)N3CCCCCCCCN(C(=O)C4CC4)c4ccccc4C3)ccc21. The molecule has 0 radical (unpaired) electrons. The Labute approximate surface area is 207 Å². The lowest BCUT2D eigenvalue weighted by Crippen LogP contribution is -2.36. The molecule has 5 rings (SSSR count). The molecule has 0 N–H and O–H groups in total. The Bertz CT molecular complexity index is 1200. The Morgan fingerprint density at radius 1 is 0.943 bits per heavy atom. The standard InChI is InChI=1S/C29H36N4O2/c1-2-31-21-30-25-19-23(15-16-27(25)31)28(34)32-17-9-5-3-4-6-10-18-33(29(35)22-13-14-22)26-12-8-7-11-24(26)20-32/h7-8,11-12,15-16,19,21-22H,2-6,9-10,13-14,17-18,20H2,1H3. The first-order valence-corrected chi connectivity index (χ1v) is 13.3. The number of fused-ring (bicyclic) bond motifs is 2. The Morgan fingerprint density at radius 2 is 1.69 bits per heavy atom. The van der Waals surface area contributed by atoms with Crippen molar-refractivity contribution >= 4 is 28.5 Å². The first-order valence-electron chi connectivity index (χ1n) is 13.3. The molecular formula is C29H36N4O2. The molecule has 1 fully saturated rings. The molecule has 2 amide bonds. The van der Waals surface area contributed by atoms with E-state index in [1.54, 1.807) is 0 Å². The van der Waals surface area contributed by atoms with Gasteiger partial charge >= 0.3 is 0 Å². The fourth-order valence-electron chi connectivity index (χ4n) is 5.18. The molecule has 0 unspecified atom stereocenters. The highest BCUT2D eigenvalue weighted by molar-refractivity contribution is 5.98. The number of amides is 2. The van der Waals surface area contributed by atoms with E-state index in [9.17, 15) is 9.59 Å². The summed E-state index contributed by atoms with van der Waals surface area (Å²) in [6.45, 7) is 4.92. The molecule has 6 heteroatoms. The Kier molecular flexibility index (Phi) is 7.16. The largest absolute Gasteiger partial charge is 0.334 e. The summed E-state index contributed by atoms with van der Waals surface area (Å²) in [6, 6.07) is 14.0. The maximum atomic E-state index is 13.8. The molecule has 1 aliphatic heterocycles. The van der Waals surface area contributed by atoms with Crippen LogP contribution in [-0.2, 0) is 17.9 Å². The molecule has 0 atom stereocenters. The summed E-state index contributed by atoms with van der Waals surface area (Å²) in [4.78, 5) is 35.5. The summed E-state index contributed by atoms with van der Waals surface area (Å²) >= 11 is 0. The third kappa shape index (κ3) is 5.26. The van der Waals surface area contributed by atoms with Crippen LogP contribution in [0.4, 0.5) is 5.69 Å². The number of hydrogen-bond acceptors (Lipinski definition) is 3. The second-order valence-electron chi connectivity index (χ2n) is 9.97.